The summed E-state index contributed by atoms with van der Waals surface area (Å²) in [4.78, 5) is 22.6. The first kappa shape index (κ1) is 13.0. The van der Waals surface area contributed by atoms with Crippen LogP contribution in [0.4, 0.5) is 5.69 Å². The Hall–Kier alpha value is -1.49. The van der Waals surface area contributed by atoms with Crippen molar-refractivity contribution in [2.45, 2.75) is 12.8 Å². The van der Waals surface area contributed by atoms with Gasteiger partial charge in [0.1, 0.15) is 0 Å². The number of hydrogen-bond acceptors (Lipinski definition) is 3. The lowest BCUT2D eigenvalue weighted by Gasteiger charge is -2.20. The lowest BCUT2D eigenvalue weighted by atomic mass is 10.0. The Kier molecular flexibility index (Phi) is 4.25. The molecule has 0 aliphatic carbocycles. The first-order chi connectivity index (χ1) is 8.66. The van der Waals surface area contributed by atoms with Gasteiger partial charge in [-0.1, -0.05) is 0 Å². The summed E-state index contributed by atoms with van der Waals surface area (Å²) in [5, 5.41) is 11.6. The summed E-state index contributed by atoms with van der Waals surface area (Å²) in [5.74, 6) is 1.24. The van der Waals surface area contributed by atoms with Gasteiger partial charge in [-0.2, -0.15) is 11.8 Å². The second-order valence-electron chi connectivity index (χ2n) is 4.26. The zero-order valence-electron chi connectivity index (χ0n) is 9.89. The van der Waals surface area contributed by atoms with Crippen LogP contribution < -0.4 is 5.32 Å². The molecule has 0 saturated carbocycles. The molecular weight excluding hydrogens is 250 g/mol. The monoisotopic (exact) mass is 265 g/mol. The molecule has 1 aromatic rings. The van der Waals surface area contributed by atoms with Gasteiger partial charge in [0, 0.05) is 11.6 Å². The van der Waals surface area contributed by atoms with Crippen LogP contribution in [0.1, 0.15) is 23.2 Å². The van der Waals surface area contributed by atoms with Crippen molar-refractivity contribution in [2.24, 2.45) is 5.92 Å². The van der Waals surface area contributed by atoms with Crippen molar-refractivity contribution in [1.29, 1.82) is 0 Å². The fourth-order valence-corrected chi connectivity index (χ4v) is 3.01. The summed E-state index contributed by atoms with van der Waals surface area (Å²) in [6, 6.07) is 6.24. The van der Waals surface area contributed by atoms with Crippen LogP contribution in [0.3, 0.4) is 0 Å². The number of anilines is 1. The van der Waals surface area contributed by atoms with E-state index in [1.165, 1.54) is 12.1 Å². The second kappa shape index (κ2) is 5.91. The van der Waals surface area contributed by atoms with E-state index in [1.54, 1.807) is 12.1 Å². The van der Waals surface area contributed by atoms with Crippen LogP contribution in [0.2, 0.25) is 0 Å². The van der Waals surface area contributed by atoms with Crippen LogP contribution in [0, 0.1) is 5.92 Å². The van der Waals surface area contributed by atoms with Crippen molar-refractivity contribution in [3.8, 4) is 0 Å². The minimum absolute atomic E-state index is 0.0402. The second-order valence-corrected chi connectivity index (χ2v) is 5.48. The largest absolute Gasteiger partial charge is 0.478 e. The summed E-state index contributed by atoms with van der Waals surface area (Å²) in [5.41, 5.74) is 0.880. The number of carboxylic acid groups (broad SMARTS) is 1. The molecule has 0 atom stereocenters. The van der Waals surface area contributed by atoms with Crippen molar-refractivity contribution >= 4 is 29.3 Å². The fourth-order valence-electron chi connectivity index (χ4n) is 1.90. The Labute approximate surface area is 110 Å². The van der Waals surface area contributed by atoms with Crippen LogP contribution in [0.25, 0.3) is 0 Å². The molecule has 0 radical (unpaired) electrons. The van der Waals surface area contributed by atoms with Gasteiger partial charge in [-0.3, -0.25) is 4.79 Å². The predicted molar refractivity (Wildman–Crippen MR) is 72.1 cm³/mol. The van der Waals surface area contributed by atoms with E-state index in [1.807, 2.05) is 11.8 Å². The smallest absolute Gasteiger partial charge is 0.335 e. The molecule has 0 spiro atoms. The zero-order valence-corrected chi connectivity index (χ0v) is 10.7. The van der Waals surface area contributed by atoms with Gasteiger partial charge in [-0.25, -0.2) is 4.79 Å². The molecule has 1 aromatic carbocycles. The standard InChI is InChI=1S/C13H15NO3S/c15-12(9-5-7-18-8-6-9)14-11-3-1-10(2-4-11)13(16)17/h1-4,9H,5-8H2,(H,14,15)(H,16,17). The molecule has 1 fully saturated rings. The Morgan fingerprint density at radius 2 is 1.78 bits per heavy atom. The average Bonchev–Trinajstić information content (AvgIpc) is 2.40. The summed E-state index contributed by atoms with van der Waals surface area (Å²) >= 11 is 1.88. The Morgan fingerprint density at radius 3 is 2.33 bits per heavy atom. The lowest BCUT2D eigenvalue weighted by Crippen LogP contribution is -2.26. The van der Waals surface area contributed by atoms with Crippen molar-refractivity contribution in [3.05, 3.63) is 29.8 Å². The van der Waals surface area contributed by atoms with Gasteiger partial charge in [0.15, 0.2) is 0 Å². The SMILES string of the molecule is O=C(O)c1ccc(NC(=O)C2CCSCC2)cc1. The average molecular weight is 265 g/mol. The maximum absolute atomic E-state index is 11.9. The fraction of sp³-hybridized carbons (Fsp3) is 0.385. The molecule has 0 bridgehead atoms. The molecule has 1 amide bonds. The number of hydrogen-bond donors (Lipinski definition) is 2. The minimum Gasteiger partial charge on any atom is -0.478 e. The number of thioether (sulfide) groups is 1. The minimum atomic E-state index is -0.961. The van der Waals surface area contributed by atoms with Gasteiger partial charge >= 0.3 is 5.97 Å². The van der Waals surface area contributed by atoms with E-state index in [2.05, 4.69) is 5.32 Å². The van der Waals surface area contributed by atoms with E-state index >= 15 is 0 Å². The number of benzene rings is 1. The third kappa shape index (κ3) is 3.26. The lowest BCUT2D eigenvalue weighted by molar-refractivity contribution is -0.120. The molecule has 1 heterocycles. The molecule has 5 heteroatoms. The summed E-state index contributed by atoms with van der Waals surface area (Å²) in [7, 11) is 0. The van der Waals surface area contributed by atoms with E-state index in [9.17, 15) is 9.59 Å². The number of amides is 1. The number of carbonyl (C=O) groups is 2. The molecule has 96 valence electrons. The molecule has 0 aromatic heterocycles. The van der Waals surface area contributed by atoms with Crippen LogP contribution in [-0.4, -0.2) is 28.5 Å². The van der Waals surface area contributed by atoms with E-state index in [0.717, 1.165) is 24.3 Å². The Balaban J connectivity index is 1.96. The molecule has 1 aliphatic rings. The maximum Gasteiger partial charge on any atom is 0.335 e. The molecule has 2 rings (SSSR count). The molecular formula is C13H15NO3S. The number of carbonyl (C=O) groups excluding carboxylic acids is 1. The molecule has 1 saturated heterocycles. The zero-order chi connectivity index (χ0) is 13.0. The van der Waals surface area contributed by atoms with Crippen molar-refractivity contribution in [2.75, 3.05) is 16.8 Å². The first-order valence-corrected chi connectivity index (χ1v) is 7.04. The maximum atomic E-state index is 11.9. The molecule has 1 aliphatic heterocycles. The van der Waals surface area contributed by atoms with Gasteiger partial charge in [-0.05, 0) is 48.6 Å². The number of nitrogens with one attached hydrogen (secondary N) is 1. The Bertz CT molecular complexity index is 438. The van der Waals surface area contributed by atoms with Crippen LogP contribution in [-0.2, 0) is 4.79 Å². The summed E-state index contributed by atoms with van der Waals surface area (Å²) < 4.78 is 0. The van der Waals surface area contributed by atoms with Crippen LogP contribution in [0.15, 0.2) is 24.3 Å². The summed E-state index contributed by atoms with van der Waals surface area (Å²) in [6.07, 6.45) is 1.84. The van der Waals surface area contributed by atoms with E-state index in [0.29, 0.717) is 5.69 Å². The Morgan fingerprint density at radius 1 is 1.17 bits per heavy atom. The van der Waals surface area contributed by atoms with E-state index in [-0.39, 0.29) is 17.4 Å². The van der Waals surface area contributed by atoms with Gasteiger partial charge in [0.2, 0.25) is 5.91 Å². The van der Waals surface area contributed by atoms with Gasteiger partial charge in [0.05, 0.1) is 5.56 Å². The quantitative estimate of drug-likeness (QED) is 0.881. The highest BCUT2D eigenvalue weighted by Crippen LogP contribution is 2.24. The normalized spacial score (nSPS) is 16.2. The molecule has 4 nitrogen and oxygen atoms in total. The molecule has 2 N–H and O–H groups in total. The third-order valence-electron chi connectivity index (χ3n) is 2.99. The van der Waals surface area contributed by atoms with Crippen molar-refractivity contribution in [3.63, 3.8) is 0 Å². The highest BCUT2D eigenvalue weighted by Gasteiger charge is 2.21. The number of aromatic carboxylic acids is 1. The van der Waals surface area contributed by atoms with Crippen LogP contribution in [0.5, 0.6) is 0 Å². The van der Waals surface area contributed by atoms with E-state index < -0.39 is 5.97 Å². The van der Waals surface area contributed by atoms with E-state index in [4.69, 9.17) is 5.11 Å². The molecule has 0 unspecified atom stereocenters. The number of rotatable bonds is 3. The highest BCUT2D eigenvalue weighted by atomic mass is 32.2. The predicted octanol–water partition coefficient (Wildman–Crippen LogP) is 2.47. The molecule has 18 heavy (non-hydrogen) atoms. The van der Waals surface area contributed by atoms with Gasteiger partial charge in [0.25, 0.3) is 0 Å². The van der Waals surface area contributed by atoms with Crippen molar-refractivity contribution < 1.29 is 14.7 Å². The first-order valence-electron chi connectivity index (χ1n) is 5.89. The van der Waals surface area contributed by atoms with Gasteiger partial charge in [-0.15, -0.1) is 0 Å². The highest BCUT2D eigenvalue weighted by molar-refractivity contribution is 7.99. The third-order valence-corrected chi connectivity index (χ3v) is 4.04. The number of carboxylic acids is 1. The topological polar surface area (TPSA) is 66.4 Å². The van der Waals surface area contributed by atoms with Crippen molar-refractivity contribution in [1.82, 2.24) is 0 Å². The summed E-state index contributed by atoms with van der Waals surface area (Å²) in [6.45, 7) is 0. The van der Waals surface area contributed by atoms with Gasteiger partial charge < -0.3 is 10.4 Å². The van der Waals surface area contributed by atoms with Crippen LogP contribution >= 0.6 is 11.8 Å².